The fourth-order valence-electron chi connectivity index (χ4n) is 3.28. The number of phenols is 1. The third-order valence-corrected chi connectivity index (χ3v) is 7.61. The van der Waals surface area contributed by atoms with E-state index in [9.17, 15) is 18.3 Å². The van der Waals surface area contributed by atoms with Crippen molar-refractivity contribution >= 4 is 45.3 Å². The highest BCUT2D eigenvalue weighted by Gasteiger charge is 2.29. The van der Waals surface area contributed by atoms with Crippen molar-refractivity contribution in [2.24, 2.45) is 5.10 Å². The van der Waals surface area contributed by atoms with Gasteiger partial charge in [0.2, 0.25) is 10.0 Å². The Morgan fingerprint density at radius 2 is 1.86 bits per heavy atom. The van der Waals surface area contributed by atoms with E-state index in [1.165, 1.54) is 24.4 Å². The molecule has 8 nitrogen and oxygen atoms in total. The molecule has 0 aromatic heterocycles. The zero-order valence-corrected chi connectivity index (χ0v) is 21.7. The molecule has 0 aliphatic rings. The lowest BCUT2D eigenvalue weighted by molar-refractivity contribution is -0.121. The fourth-order valence-corrected chi connectivity index (χ4v) is 5.42. The molecule has 0 saturated carbocycles. The minimum absolute atomic E-state index is 0.00723. The van der Waals surface area contributed by atoms with E-state index in [0.29, 0.717) is 18.6 Å². The number of phenolic OH excluding ortho intramolecular Hbond substituents is 1. The van der Waals surface area contributed by atoms with Crippen LogP contribution in [0.4, 0.5) is 0 Å². The molecule has 11 heteroatoms. The number of para-hydroxylation sites is 1. The first kappa shape index (κ1) is 27.5. The van der Waals surface area contributed by atoms with Gasteiger partial charge in [0.05, 0.1) is 24.4 Å². The summed E-state index contributed by atoms with van der Waals surface area (Å²) in [7, 11) is -4.17. The lowest BCUT2D eigenvalue weighted by atomic mass is 10.1. The number of hydrogen-bond donors (Lipinski definition) is 2. The standard InChI is InChI=1S/C25H25Cl2N3O5S/c1-2-35-22-10-6-9-19(25(22)32)16-28-29-24(31)17-30(14-13-18-7-4-3-5-8-18)36(33,34)23-15-20(26)11-12-21(23)27/h3-12,15-16,32H,2,13-14,17H2,1H3,(H,29,31)/b28-16-. The van der Waals surface area contributed by atoms with Crippen molar-refractivity contribution in [1.82, 2.24) is 9.73 Å². The molecule has 3 aromatic carbocycles. The topological polar surface area (TPSA) is 108 Å². The second kappa shape index (κ2) is 12.7. The normalized spacial score (nSPS) is 11.7. The van der Waals surface area contributed by atoms with Crippen LogP contribution in [-0.2, 0) is 21.2 Å². The molecule has 36 heavy (non-hydrogen) atoms. The molecule has 0 aliphatic heterocycles. The second-order valence-electron chi connectivity index (χ2n) is 7.57. The number of sulfonamides is 1. The summed E-state index contributed by atoms with van der Waals surface area (Å²) >= 11 is 12.2. The third kappa shape index (κ3) is 7.20. The summed E-state index contributed by atoms with van der Waals surface area (Å²) in [4.78, 5) is 12.5. The van der Waals surface area contributed by atoms with Gasteiger partial charge in [0.15, 0.2) is 11.5 Å². The lowest BCUT2D eigenvalue weighted by Crippen LogP contribution is -2.40. The van der Waals surface area contributed by atoms with E-state index >= 15 is 0 Å². The van der Waals surface area contributed by atoms with Crippen LogP contribution in [0.5, 0.6) is 11.5 Å². The number of ether oxygens (including phenoxy) is 1. The largest absolute Gasteiger partial charge is 0.504 e. The maximum atomic E-state index is 13.4. The maximum Gasteiger partial charge on any atom is 0.255 e. The van der Waals surface area contributed by atoms with E-state index in [1.54, 1.807) is 25.1 Å². The molecule has 0 radical (unpaired) electrons. The molecule has 190 valence electrons. The number of halogens is 2. The highest BCUT2D eigenvalue weighted by molar-refractivity contribution is 7.89. The average molecular weight is 550 g/mol. The first-order valence-electron chi connectivity index (χ1n) is 11.0. The van der Waals surface area contributed by atoms with Crippen LogP contribution >= 0.6 is 23.2 Å². The van der Waals surface area contributed by atoms with E-state index in [0.717, 1.165) is 9.87 Å². The molecule has 1 amide bonds. The van der Waals surface area contributed by atoms with Gasteiger partial charge in [-0.1, -0.05) is 59.6 Å². The molecule has 0 heterocycles. The molecular formula is C25H25Cl2N3O5S. The summed E-state index contributed by atoms with van der Waals surface area (Å²) in [5.74, 6) is -0.522. The van der Waals surface area contributed by atoms with Gasteiger partial charge < -0.3 is 9.84 Å². The average Bonchev–Trinajstić information content (AvgIpc) is 2.86. The number of hydrogen-bond acceptors (Lipinski definition) is 6. The summed E-state index contributed by atoms with van der Waals surface area (Å²) in [6, 6.07) is 18.3. The van der Waals surface area contributed by atoms with Gasteiger partial charge in [-0.15, -0.1) is 0 Å². The van der Waals surface area contributed by atoms with Crippen LogP contribution in [-0.4, -0.2) is 49.6 Å². The predicted octanol–water partition coefficient (Wildman–Crippen LogP) is 4.48. The van der Waals surface area contributed by atoms with Crippen LogP contribution in [0.15, 0.2) is 76.7 Å². The Hall–Kier alpha value is -3.11. The molecular weight excluding hydrogens is 525 g/mol. The summed E-state index contributed by atoms with van der Waals surface area (Å²) in [6.45, 7) is 1.66. The second-order valence-corrected chi connectivity index (χ2v) is 10.3. The molecule has 0 unspecified atom stereocenters. The Labute approximate surface area is 220 Å². The SMILES string of the molecule is CCOc1cccc(/C=N\NC(=O)CN(CCc2ccccc2)S(=O)(=O)c2cc(Cl)ccc2Cl)c1O. The molecule has 0 atom stereocenters. The zero-order valence-electron chi connectivity index (χ0n) is 19.4. The first-order valence-corrected chi connectivity index (χ1v) is 13.2. The predicted molar refractivity (Wildman–Crippen MR) is 140 cm³/mol. The fraction of sp³-hybridized carbons (Fsp3) is 0.200. The van der Waals surface area contributed by atoms with Gasteiger partial charge in [0.25, 0.3) is 5.91 Å². The number of nitrogens with zero attached hydrogens (tertiary/aromatic N) is 2. The monoisotopic (exact) mass is 549 g/mol. The van der Waals surface area contributed by atoms with Gasteiger partial charge in [0.1, 0.15) is 4.90 Å². The van der Waals surface area contributed by atoms with Gasteiger partial charge >= 0.3 is 0 Å². The number of benzene rings is 3. The summed E-state index contributed by atoms with van der Waals surface area (Å²) in [5.41, 5.74) is 3.52. The number of amides is 1. The Kier molecular flexibility index (Phi) is 9.72. The molecule has 0 spiro atoms. The van der Waals surface area contributed by atoms with Gasteiger partial charge in [-0.2, -0.15) is 9.41 Å². The van der Waals surface area contributed by atoms with Crippen molar-refractivity contribution in [2.75, 3.05) is 19.7 Å². The van der Waals surface area contributed by atoms with Gasteiger partial charge in [-0.3, -0.25) is 4.79 Å². The number of carbonyl (C=O) groups excluding carboxylic acids is 1. The van der Waals surface area contributed by atoms with E-state index in [4.69, 9.17) is 27.9 Å². The first-order chi connectivity index (χ1) is 17.2. The van der Waals surface area contributed by atoms with Gasteiger partial charge in [-0.05, 0) is 49.2 Å². The third-order valence-electron chi connectivity index (χ3n) is 5.05. The van der Waals surface area contributed by atoms with Crippen molar-refractivity contribution in [2.45, 2.75) is 18.2 Å². The minimum Gasteiger partial charge on any atom is -0.504 e. The Balaban J connectivity index is 1.78. The molecule has 0 aliphatic carbocycles. The number of nitrogens with one attached hydrogen (secondary N) is 1. The van der Waals surface area contributed by atoms with E-state index in [-0.39, 0.29) is 33.0 Å². The van der Waals surface area contributed by atoms with E-state index in [2.05, 4.69) is 10.5 Å². The molecule has 0 saturated heterocycles. The molecule has 3 rings (SSSR count). The van der Waals surface area contributed by atoms with Crippen LogP contribution in [0.2, 0.25) is 10.0 Å². The van der Waals surface area contributed by atoms with Crippen molar-refractivity contribution in [3.8, 4) is 11.5 Å². The van der Waals surface area contributed by atoms with E-state index in [1.807, 2.05) is 30.3 Å². The molecule has 2 N–H and O–H groups in total. The summed E-state index contributed by atoms with van der Waals surface area (Å²) in [6.07, 6.45) is 1.61. The number of carbonyl (C=O) groups is 1. The Morgan fingerprint density at radius 3 is 2.58 bits per heavy atom. The number of rotatable bonds is 11. The van der Waals surface area contributed by atoms with Crippen molar-refractivity contribution in [3.63, 3.8) is 0 Å². The highest BCUT2D eigenvalue weighted by atomic mass is 35.5. The van der Waals surface area contributed by atoms with Gasteiger partial charge in [-0.25, -0.2) is 13.8 Å². The Bertz CT molecular complexity index is 1330. The van der Waals surface area contributed by atoms with Crippen LogP contribution < -0.4 is 10.2 Å². The zero-order chi connectivity index (χ0) is 26.1. The molecule has 0 bridgehead atoms. The van der Waals surface area contributed by atoms with Gasteiger partial charge in [0, 0.05) is 17.1 Å². The van der Waals surface area contributed by atoms with Crippen LogP contribution in [0.25, 0.3) is 0 Å². The van der Waals surface area contributed by atoms with Crippen molar-refractivity contribution in [1.29, 1.82) is 0 Å². The lowest BCUT2D eigenvalue weighted by Gasteiger charge is -2.22. The maximum absolute atomic E-state index is 13.4. The van der Waals surface area contributed by atoms with Crippen molar-refractivity contribution < 1.29 is 23.1 Å². The molecule has 0 fully saturated rings. The number of aromatic hydroxyl groups is 1. The summed E-state index contributed by atoms with van der Waals surface area (Å²) < 4.78 is 33.2. The highest BCUT2D eigenvalue weighted by Crippen LogP contribution is 2.29. The van der Waals surface area contributed by atoms with Crippen molar-refractivity contribution in [3.05, 3.63) is 87.9 Å². The smallest absolute Gasteiger partial charge is 0.255 e. The van der Waals surface area contributed by atoms with E-state index < -0.39 is 22.5 Å². The number of hydrazone groups is 1. The van der Waals surface area contributed by atoms with Crippen LogP contribution in [0.1, 0.15) is 18.1 Å². The molecule has 3 aromatic rings. The minimum atomic E-state index is -4.17. The Morgan fingerprint density at radius 1 is 1.11 bits per heavy atom. The quantitative estimate of drug-likeness (QED) is 0.270. The van der Waals surface area contributed by atoms with Crippen LogP contribution in [0, 0.1) is 0 Å². The van der Waals surface area contributed by atoms with Crippen LogP contribution in [0.3, 0.4) is 0 Å². The summed E-state index contributed by atoms with van der Waals surface area (Å²) in [5, 5.41) is 14.3.